The first-order valence-corrected chi connectivity index (χ1v) is 8.42. The monoisotopic (exact) mass is 312 g/mol. The molecule has 1 aromatic carbocycles. The van der Waals surface area contributed by atoms with Crippen LogP contribution in [0.3, 0.4) is 0 Å². The number of ether oxygens (including phenoxy) is 1. The fourth-order valence-electron chi connectivity index (χ4n) is 4.30. The second-order valence-corrected chi connectivity index (χ2v) is 7.80. The molecule has 0 unspecified atom stereocenters. The van der Waals surface area contributed by atoms with E-state index in [4.69, 9.17) is 4.74 Å². The first-order valence-electron chi connectivity index (χ1n) is 8.42. The van der Waals surface area contributed by atoms with Crippen molar-refractivity contribution in [2.75, 3.05) is 13.7 Å². The van der Waals surface area contributed by atoms with Crippen molar-refractivity contribution in [3.8, 4) is 5.75 Å². The number of benzene rings is 1. The Morgan fingerprint density at radius 2 is 2.04 bits per heavy atom. The van der Waals surface area contributed by atoms with Crippen LogP contribution in [0.1, 0.15) is 50.0 Å². The van der Waals surface area contributed by atoms with E-state index in [-0.39, 0.29) is 11.4 Å². The molecule has 2 heterocycles. The third-order valence-electron chi connectivity index (χ3n) is 5.68. The van der Waals surface area contributed by atoms with Crippen molar-refractivity contribution in [1.29, 1.82) is 0 Å². The van der Waals surface area contributed by atoms with E-state index in [0.29, 0.717) is 11.1 Å². The summed E-state index contributed by atoms with van der Waals surface area (Å²) in [7, 11) is 1.66. The summed E-state index contributed by atoms with van der Waals surface area (Å²) in [4.78, 5) is 18.4. The number of carbonyl (C=O) groups is 1. The maximum Gasteiger partial charge on any atom is 0.270 e. The molecular weight excluding hydrogens is 288 g/mol. The van der Waals surface area contributed by atoms with Crippen molar-refractivity contribution in [3.05, 3.63) is 30.0 Å². The van der Waals surface area contributed by atoms with E-state index in [2.05, 4.69) is 18.8 Å². The molecule has 1 N–H and O–H groups in total. The Hall–Kier alpha value is -1.97. The maximum atomic E-state index is 13.1. The maximum absolute atomic E-state index is 13.1. The Morgan fingerprint density at radius 3 is 2.70 bits per heavy atom. The predicted molar refractivity (Wildman–Crippen MR) is 90.9 cm³/mol. The van der Waals surface area contributed by atoms with Crippen molar-refractivity contribution in [1.82, 2.24) is 9.88 Å². The Bertz CT molecular complexity index is 771. The number of fused-ring (bicyclic) bond motifs is 1. The van der Waals surface area contributed by atoms with Crippen LogP contribution < -0.4 is 4.74 Å². The minimum Gasteiger partial charge on any atom is -0.496 e. The number of amides is 1. The SMILES string of the molecule is COc1cccc2[nH]c(C(=O)N3CCC4(CC4)CC3(C)C)cc12. The smallest absolute Gasteiger partial charge is 0.270 e. The summed E-state index contributed by atoms with van der Waals surface area (Å²) in [5.41, 5.74) is 2.06. The van der Waals surface area contributed by atoms with Gasteiger partial charge in [0.15, 0.2) is 0 Å². The zero-order valence-electron chi connectivity index (χ0n) is 14.1. The van der Waals surface area contributed by atoms with E-state index >= 15 is 0 Å². The van der Waals surface area contributed by atoms with Crippen molar-refractivity contribution in [2.45, 2.75) is 45.1 Å². The normalized spacial score (nSPS) is 21.6. The Morgan fingerprint density at radius 1 is 1.26 bits per heavy atom. The number of H-pyrrole nitrogens is 1. The average Bonchev–Trinajstić information content (AvgIpc) is 3.10. The number of methoxy groups -OCH3 is 1. The van der Waals surface area contributed by atoms with Gasteiger partial charge in [0.25, 0.3) is 5.91 Å². The summed E-state index contributed by atoms with van der Waals surface area (Å²) in [6, 6.07) is 7.77. The molecule has 1 saturated heterocycles. The highest BCUT2D eigenvalue weighted by atomic mass is 16.5. The van der Waals surface area contributed by atoms with E-state index in [9.17, 15) is 4.79 Å². The summed E-state index contributed by atoms with van der Waals surface area (Å²) < 4.78 is 5.40. The lowest BCUT2D eigenvalue weighted by atomic mass is 9.80. The first-order chi connectivity index (χ1) is 10.9. The van der Waals surface area contributed by atoms with Gasteiger partial charge in [-0.15, -0.1) is 0 Å². The second kappa shape index (κ2) is 4.76. The number of hydrogen-bond donors (Lipinski definition) is 1. The molecule has 1 aliphatic carbocycles. The van der Waals surface area contributed by atoms with Gasteiger partial charge in [0.1, 0.15) is 11.4 Å². The van der Waals surface area contributed by atoms with Crippen molar-refractivity contribution in [3.63, 3.8) is 0 Å². The molecule has 122 valence electrons. The molecule has 2 fully saturated rings. The summed E-state index contributed by atoms with van der Waals surface area (Å²) in [6.45, 7) is 5.26. The number of carbonyl (C=O) groups excluding carboxylic acids is 1. The summed E-state index contributed by atoms with van der Waals surface area (Å²) in [5.74, 6) is 0.899. The number of aromatic amines is 1. The minimum absolute atomic E-state index is 0.0762. The number of hydrogen-bond acceptors (Lipinski definition) is 2. The largest absolute Gasteiger partial charge is 0.496 e. The highest BCUT2D eigenvalue weighted by molar-refractivity contribution is 6.00. The number of piperidine rings is 1. The topological polar surface area (TPSA) is 45.3 Å². The van der Waals surface area contributed by atoms with Crippen LogP contribution >= 0.6 is 0 Å². The minimum atomic E-state index is -0.0762. The van der Waals surface area contributed by atoms with Gasteiger partial charge in [-0.2, -0.15) is 0 Å². The molecule has 1 amide bonds. The third kappa shape index (κ3) is 2.32. The van der Waals surface area contributed by atoms with E-state index in [0.717, 1.165) is 36.0 Å². The quantitative estimate of drug-likeness (QED) is 0.912. The van der Waals surface area contributed by atoms with E-state index in [1.807, 2.05) is 29.2 Å². The van der Waals surface area contributed by atoms with E-state index in [1.54, 1.807) is 7.11 Å². The molecule has 0 bridgehead atoms. The summed E-state index contributed by atoms with van der Waals surface area (Å²) in [5, 5.41) is 0.965. The Kier molecular flexibility index (Phi) is 3.03. The molecule has 1 aliphatic heterocycles. The number of nitrogens with one attached hydrogen (secondary N) is 1. The highest BCUT2D eigenvalue weighted by Gasteiger charge is 2.52. The molecule has 4 heteroatoms. The van der Waals surface area contributed by atoms with Gasteiger partial charge in [0.2, 0.25) is 0 Å². The Balaban J connectivity index is 1.66. The van der Waals surface area contributed by atoms with Crippen LogP contribution in [0.4, 0.5) is 0 Å². The van der Waals surface area contributed by atoms with Gasteiger partial charge in [-0.25, -0.2) is 0 Å². The predicted octanol–water partition coefficient (Wildman–Crippen LogP) is 3.97. The van der Waals surface area contributed by atoms with Gasteiger partial charge in [-0.3, -0.25) is 4.79 Å². The van der Waals surface area contributed by atoms with Gasteiger partial charge in [0, 0.05) is 23.0 Å². The zero-order chi connectivity index (χ0) is 16.2. The van der Waals surface area contributed by atoms with Crippen LogP contribution in [-0.2, 0) is 0 Å². The summed E-state index contributed by atoms with van der Waals surface area (Å²) >= 11 is 0. The molecule has 0 atom stereocenters. The van der Waals surface area contributed by atoms with E-state index in [1.165, 1.54) is 12.8 Å². The standard InChI is InChI=1S/C19H24N2O2/c1-18(2)12-19(7-8-19)9-10-21(18)17(22)15-11-13-14(20-15)5-4-6-16(13)23-3/h4-6,11,20H,7-10,12H2,1-3H3. The molecule has 1 aromatic heterocycles. The third-order valence-corrected chi connectivity index (χ3v) is 5.68. The number of rotatable bonds is 2. The van der Waals surface area contributed by atoms with Gasteiger partial charge in [0.05, 0.1) is 7.11 Å². The zero-order valence-corrected chi connectivity index (χ0v) is 14.1. The number of aromatic nitrogens is 1. The molecule has 0 radical (unpaired) electrons. The van der Waals surface area contributed by atoms with Crippen LogP contribution in [0.2, 0.25) is 0 Å². The molecule has 4 nitrogen and oxygen atoms in total. The van der Waals surface area contributed by atoms with Gasteiger partial charge < -0.3 is 14.6 Å². The first kappa shape index (κ1) is 14.6. The number of likely N-dealkylation sites (tertiary alicyclic amines) is 1. The molecule has 1 spiro atoms. The van der Waals surface area contributed by atoms with Crippen LogP contribution in [0.25, 0.3) is 10.9 Å². The molecule has 4 rings (SSSR count). The van der Waals surface area contributed by atoms with Crippen LogP contribution in [0.15, 0.2) is 24.3 Å². The highest BCUT2D eigenvalue weighted by Crippen LogP contribution is 2.57. The lowest BCUT2D eigenvalue weighted by Crippen LogP contribution is -2.53. The lowest BCUT2D eigenvalue weighted by molar-refractivity contribution is 0.0274. The average molecular weight is 312 g/mol. The van der Waals surface area contributed by atoms with Gasteiger partial charge in [-0.1, -0.05) is 6.07 Å². The number of nitrogens with zero attached hydrogens (tertiary/aromatic N) is 1. The molecular formula is C19H24N2O2. The second-order valence-electron chi connectivity index (χ2n) is 7.80. The van der Waals surface area contributed by atoms with Crippen molar-refractivity contribution >= 4 is 16.8 Å². The van der Waals surface area contributed by atoms with E-state index < -0.39 is 0 Å². The van der Waals surface area contributed by atoms with Crippen LogP contribution in [0.5, 0.6) is 5.75 Å². The lowest BCUT2D eigenvalue weighted by Gasteiger charge is -2.46. The van der Waals surface area contributed by atoms with Crippen molar-refractivity contribution in [2.24, 2.45) is 5.41 Å². The molecule has 1 saturated carbocycles. The van der Waals surface area contributed by atoms with Crippen molar-refractivity contribution < 1.29 is 9.53 Å². The summed E-state index contributed by atoms with van der Waals surface area (Å²) in [6.07, 6.45) is 4.94. The van der Waals surface area contributed by atoms with Gasteiger partial charge >= 0.3 is 0 Å². The van der Waals surface area contributed by atoms with Crippen LogP contribution in [0, 0.1) is 5.41 Å². The van der Waals surface area contributed by atoms with Crippen LogP contribution in [-0.4, -0.2) is 35.0 Å². The Labute approximate surface area is 136 Å². The fraction of sp³-hybridized carbons (Fsp3) is 0.526. The molecule has 23 heavy (non-hydrogen) atoms. The molecule has 2 aromatic rings. The fourth-order valence-corrected chi connectivity index (χ4v) is 4.30. The van der Waals surface area contributed by atoms with Gasteiger partial charge in [-0.05, 0) is 63.1 Å². The molecule has 2 aliphatic rings.